The standard InChI is InChI=1S/C14H21Cl2NO/c1-3-5-6-11(4-2)9-18-10-12-7-8-13(15)17-14(12)16/h7-8,11H,3-6,9-10H2,1-2H3. The first-order valence-corrected chi connectivity index (χ1v) is 7.31. The van der Waals surface area contributed by atoms with Gasteiger partial charge in [0.15, 0.2) is 0 Å². The van der Waals surface area contributed by atoms with E-state index >= 15 is 0 Å². The van der Waals surface area contributed by atoms with Crippen LogP contribution in [0.4, 0.5) is 0 Å². The number of halogens is 2. The molecule has 0 spiro atoms. The zero-order chi connectivity index (χ0) is 13.4. The fraction of sp³-hybridized carbons (Fsp3) is 0.643. The highest BCUT2D eigenvalue weighted by molar-refractivity contribution is 6.32. The maximum absolute atomic E-state index is 5.99. The van der Waals surface area contributed by atoms with Crippen LogP contribution in [0.2, 0.25) is 10.3 Å². The van der Waals surface area contributed by atoms with Crippen LogP contribution in [0.25, 0.3) is 0 Å². The summed E-state index contributed by atoms with van der Waals surface area (Å²) in [6.07, 6.45) is 4.90. The molecular weight excluding hydrogens is 269 g/mol. The van der Waals surface area contributed by atoms with E-state index in [1.165, 1.54) is 19.3 Å². The molecule has 0 aliphatic rings. The van der Waals surface area contributed by atoms with Gasteiger partial charge < -0.3 is 4.74 Å². The predicted molar refractivity (Wildman–Crippen MR) is 77.2 cm³/mol. The second-order valence-corrected chi connectivity index (χ2v) is 5.26. The van der Waals surface area contributed by atoms with Crippen molar-refractivity contribution in [1.29, 1.82) is 0 Å². The maximum atomic E-state index is 5.99. The zero-order valence-electron chi connectivity index (χ0n) is 11.1. The molecule has 0 amide bonds. The molecule has 0 aliphatic heterocycles. The summed E-state index contributed by atoms with van der Waals surface area (Å²) in [6.45, 7) is 5.72. The summed E-state index contributed by atoms with van der Waals surface area (Å²) >= 11 is 11.7. The van der Waals surface area contributed by atoms with Gasteiger partial charge in [0, 0.05) is 12.2 Å². The fourth-order valence-electron chi connectivity index (χ4n) is 1.78. The Morgan fingerprint density at radius 2 is 2.06 bits per heavy atom. The number of ether oxygens (including phenoxy) is 1. The molecule has 1 aromatic heterocycles. The summed E-state index contributed by atoms with van der Waals surface area (Å²) in [5.74, 6) is 0.643. The van der Waals surface area contributed by atoms with Gasteiger partial charge in [-0.25, -0.2) is 4.98 Å². The summed E-state index contributed by atoms with van der Waals surface area (Å²) < 4.78 is 5.72. The van der Waals surface area contributed by atoms with Gasteiger partial charge in [-0.1, -0.05) is 62.4 Å². The molecule has 0 saturated heterocycles. The van der Waals surface area contributed by atoms with E-state index in [0.29, 0.717) is 22.8 Å². The lowest BCUT2D eigenvalue weighted by Gasteiger charge is -2.14. The molecule has 102 valence electrons. The monoisotopic (exact) mass is 289 g/mol. The van der Waals surface area contributed by atoms with Crippen molar-refractivity contribution in [3.63, 3.8) is 0 Å². The summed E-state index contributed by atoms with van der Waals surface area (Å²) in [4.78, 5) is 3.99. The molecule has 0 radical (unpaired) electrons. The molecule has 4 heteroatoms. The minimum Gasteiger partial charge on any atom is -0.376 e. The summed E-state index contributed by atoms with van der Waals surface area (Å²) in [5, 5.41) is 0.849. The van der Waals surface area contributed by atoms with Crippen molar-refractivity contribution in [2.24, 2.45) is 5.92 Å². The Bertz CT molecular complexity index is 358. The Kier molecular flexibility index (Phi) is 7.64. The highest BCUT2D eigenvalue weighted by atomic mass is 35.5. The van der Waals surface area contributed by atoms with E-state index in [2.05, 4.69) is 18.8 Å². The van der Waals surface area contributed by atoms with Crippen molar-refractivity contribution < 1.29 is 4.74 Å². The predicted octanol–water partition coefficient (Wildman–Crippen LogP) is 5.12. The smallest absolute Gasteiger partial charge is 0.136 e. The molecule has 2 nitrogen and oxygen atoms in total. The molecule has 0 bridgehead atoms. The zero-order valence-corrected chi connectivity index (χ0v) is 12.6. The normalized spacial score (nSPS) is 12.7. The Hall–Kier alpha value is -0.310. The summed E-state index contributed by atoms with van der Waals surface area (Å²) in [5.41, 5.74) is 0.895. The number of hydrogen-bond acceptors (Lipinski definition) is 2. The van der Waals surface area contributed by atoms with Gasteiger partial charge in [-0.2, -0.15) is 0 Å². The van der Waals surface area contributed by atoms with Crippen LogP contribution in [0.5, 0.6) is 0 Å². The molecule has 1 aromatic rings. The highest BCUT2D eigenvalue weighted by Gasteiger charge is 2.07. The molecule has 18 heavy (non-hydrogen) atoms. The van der Waals surface area contributed by atoms with Gasteiger partial charge in [-0.15, -0.1) is 0 Å². The lowest BCUT2D eigenvalue weighted by Crippen LogP contribution is -2.09. The van der Waals surface area contributed by atoms with E-state index in [4.69, 9.17) is 27.9 Å². The van der Waals surface area contributed by atoms with Crippen LogP contribution in [-0.2, 0) is 11.3 Å². The van der Waals surface area contributed by atoms with Crippen LogP contribution in [0.3, 0.4) is 0 Å². The number of hydrogen-bond donors (Lipinski definition) is 0. The first-order valence-electron chi connectivity index (χ1n) is 6.56. The molecule has 1 unspecified atom stereocenters. The third kappa shape index (κ3) is 5.55. The van der Waals surface area contributed by atoms with E-state index in [9.17, 15) is 0 Å². The Morgan fingerprint density at radius 3 is 2.67 bits per heavy atom. The number of rotatable bonds is 8. The van der Waals surface area contributed by atoms with Crippen LogP contribution in [0.1, 0.15) is 45.1 Å². The van der Waals surface area contributed by atoms with Gasteiger partial charge in [-0.05, 0) is 18.4 Å². The van der Waals surface area contributed by atoms with E-state index in [1.54, 1.807) is 6.07 Å². The van der Waals surface area contributed by atoms with Crippen molar-refractivity contribution in [3.8, 4) is 0 Å². The van der Waals surface area contributed by atoms with E-state index in [-0.39, 0.29) is 0 Å². The van der Waals surface area contributed by atoms with Gasteiger partial charge >= 0.3 is 0 Å². The van der Waals surface area contributed by atoms with Crippen LogP contribution in [0, 0.1) is 5.92 Å². The molecule has 0 aromatic carbocycles. The molecular formula is C14H21Cl2NO. The van der Waals surface area contributed by atoms with Crippen molar-refractivity contribution in [2.45, 2.75) is 46.1 Å². The first kappa shape index (κ1) is 15.7. The van der Waals surface area contributed by atoms with Crippen molar-refractivity contribution in [2.75, 3.05) is 6.61 Å². The Balaban J connectivity index is 2.35. The molecule has 0 fully saturated rings. The van der Waals surface area contributed by atoms with Crippen LogP contribution in [0.15, 0.2) is 12.1 Å². The van der Waals surface area contributed by atoms with Gasteiger partial charge in [0.1, 0.15) is 10.3 Å². The molecule has 1 rings (SSSR count). The quantitative estimate of drug-likeness (QED) is 0.620. The van der Waals surface area contributed by atoms with Gasteiger partial charge in [0.2, 0.25) is 0 Å². The van der Waals surface area contributed by atoms with Gasteiger partial charge in [-0.3, -0.25) is 0 Å². The molecule has 1 atom stereocenters. The Morgan fingerprint density at radius 1 is 1.28 bits per heavy atom. The lowest BCUT2D eigenvalue weighted by molar-refractivity contribution is 0.0819. The van der Waals surface area contributed by atoms with Gasteiger partial charge in [0.05, 0.1) is 6.61 Å². The van der Waals surface area contributed by atoms with Crippen LogP contribution in [-0.4, -0.2) is 11.6 Å². The summed E-state index contributed by atoms with van der Waals surface area (Å²) in [7, 11) is 0. The lowest BCUT2D eigenvalue weighted by atomic mass is 10.0. The van der Waals surface area contributed by atoms with E-state index in [1.807, 2.05) is 6.07 Å². The second-order valence-electron chi connectivity index (χ2n) is 4.52. The topological polar surface area (TPSA) is 22.1 Å². The molecule has 0 saturated carbocycles. The molecule has 0 N–H and O–H groups in total. The number of unbranched alkanes of at least 4 members (excludes halogenated alkanes) is 1. The van der Waals surface area contributed by atoms with E-state index < -0.39 is 0 Å². The SMILES string of the molecule is CCCCC(CC)COCc1ccc(Cl)nc1Cl. The fourth-order valence-corrected chi connectivity index (χ4v) is 2.18. The van der Waals surface area contributed by atoms with Crippen LogP contribution < -0.4 is 0 Å². The first-order chi connectivity index (χ1) is 8.67. The third-order valence-electron chi connectivity index (χ3n) is 3.05. The van der Waals surface area contributed by atoms with E-state index in [0.717, 1.165) is 18.6 Å². The largest absolute Gasteiger partial charge is 0.376 e. The van der Waals surface area contributed by atoms with Crippen LogP contribution >= 0.6 is 23.2 Å². The molecule has 0 aliphatic carbocycles. The number of pyridine rings is 1. The highest BCUT2D eigenvalue weighted by Crippen LogP contribution is 2.19. The maximum Gasteiger partial charge on any atom is 0.136 e. The second kappa shape index (κ2) is 8.73. The third-order valence-corrected chi connectivity index (χ3v) is 3.58. The summed E-state index contributed by atoms with van der Waals surface area (Å²) in [6, 6.07) is 3.60. The average Bonchev–Trinajstić information content (AvgIpc) is 2.36. The Labute approximate surface area is 120 Å². The number of aromatic nitrogens is 1. The van der Waals surface area contributed by atoms with Crippen molar-refractivity contribution in [3.05, 3.63) is 28.0 Å². The number of nitrogens with zero attached hydrogens (tertiary/aromatic N) is 1. The minimum atomic E-state index is 0.415. The average molecular weight is 290 g/mol. The van der Waals surface area contributed by atoms with Gasteiger partial charge in [0.25, 0.3) is 0 Å². The van der Waals surface area contributed by atoms with Crippen molar-refractivity contribution in [1.82, 2.24) is 4.98 Å². The minimum absolute atomic E-state index is 0.415. The molecule has 1 heterocycles. The van der Waals surface area contributed by atoms with Crippen molar-refractivity contribution >= 4 is 23.2 Å².